The van der Waals surface area contributed by atoms with E-state index < -0.39 is 10.8 Å². The van der Waals surface area contributed by atoms with Crippen molar-refractivity contribution in [1.29, 1.82) is 0 Å². The van der Waals surface area contributed by atoms with Gasteiger partial charge in [-0.1, -0.05) is 158 Å². The highest BCUT2D eigenvalue weighted by molar-refractivity contribution is 5.92. The average Bonchev–Trinajstić information content (AvgIpc) is 1.59. The first kappa shape index (κ1) is 67.5. The third-order valence-corrected chi connectivity index (χ3v) is 22.0. The molecule has 4 aliphatic carbocycles. The molecule has 0 amide bonds. The molecule has 14 aromatic rings. The summed E-state index contributed by atoms with van der Waals surface area (Å²) in [4.78, 5) is 4.28. The van der Waals surface area contributed by atoms with Gasteiger partial charge in [-0.15, -0.1) is 0 Å². The van der Waals surface area contributed by atoms with Gasteiger partial charge in [0.1, 0.15) is 59.3 Å². The summed E-state index contributed by atoms with van der Waals surface area (Å²) in [6.45, 7) is 7.07. The maximum absolute atomic E-state index is 15.8. The standard InChI is InChI=1S/C98H78F2N2O6/c1-3-103-55-57-105-83-45-29-71(30-46-83)97(73-33-49-85(50-34-73)107-87-43-27-67-19-21-69(67)59-87)93-17-7-5-15-89(93)91-53-41-81(63-95(91)97)101(79-13-9-11-75(99)61-79)77-37-23-65(24-38-77)66-25-39-78(40-26-66)102(80-14-10-12-76(100)62-80)82-42-54-92-90-16-6-8-18-94(90)98(96(92)64-82,72-31-47-84(48-32-72)106-58-56-104-4-2)74-35-51-86(52-36-74)108-88-44-28-68-20-22-70(68)60-88/h5-18,23-54,59-64H,3-4,19-22,55-58H2,1-2H3. The molecule has 0 N–H and O–H groups in total. The van der Waals surface area contributed by atoms with Crippen molar-refractivity contribution >= 4 is 34.1 Å². The predicted octanol–water partition coefficient (Wildman–Crippen LogP) is 23.9. The van der Waals surface area contributed by atoms with Crippen LogP contribution in [0.3, 0.4) is 0 Å². The van der Waals surface area contributed by atoms with Gasteiger partial charge in [0.05, 0.1) is 24.0 Å². The first-order valence-corrected chi connectivity index (χ1v) is 37.4. The number of hydrogen-bond acceptors (Lipinski definition) is 8. The maximum Gasteiger partial charge on any atom is 0.127 e. The molecule has 0 heterocycles. The van der Waals surface area contributed by atoms with Gasteiger partial charge < -0.3 is 38.2 Å². The lowest BCUT2D eigenvalue weighted by molar-refractivity contribution is 0.110. The minimum absolute atomic E-state index is 0.347. The third kappa shape index (κ3) is 12.3. The number of rotatable bonds is 25. The van der Waals surface area contributed by atoms with Crippen molar-refractivity contribution in [3.8, 4) is 67.9 Å². The zero-order valence-electron chi connectivity index (χ0n) is 60.2. The van der Waals surface area contributed by atoms with Crippen LogP contribution in [-0.4, -0.2) is 39.6 Å². The normalized spacial score (nSPS) is 15.3. The molecule has 14 aromatic carbocycles. The van der Waals surface area contributed by atoms with Crippen molar-refractivity contribution in [3.63, 3.8) is 0 Å². The number of nitrogens with zero attached hydrogens (tertiary/aromatic N) is 2. The number of anilines is 6. The second kappa shape index (κ2) is 28.8. The number of hydrogen-bond donors (Lipinski definition) is 0. The molecular weight excluding hydrogens is 1340 g/mol. The van der Waals surface area contributed by atoms with Crippen LogP contribution in [0.15, 0.2) is 315 Å². The topological polar surface area (TPSA) is 61.9 Å². The molecule has 18 rings (SSSR count). The molecule has 8 nitrogen and oxygen atoms in total. The van der Waals surface area contributed by atoms with E-state index in [1.807, 2.05) is 26.0 Å². The predicted molar refractivity (Wildman–Crippen MR) is 428 cm³/mol. The Kier molecular flexibility index (Phi) is 18.0. The molecule has 0 radical (unpaired) electrons. The van der Waals surface area contributed by atoms with Crippen molar-refractivity contribution < 1.29 is 37.2 Å². The molecule has 0 saturated heterocycles. The van der Waals surface area contributed by atoms with Gasteiger partial charge in [0.25, 0.3) is 0 Å². The van der Waals surface area contributed by atoms with E-state index in [0.29, 0.717) is 51.0 Å². The molecule has 4 aliphatic rings. The molecule has 0 saturated carbocycles. The molecular formula is C98H78F2N2O6. The molecule has 10 heteroatoms. The van der Waals surface area contributed by atoms with Crippen LogP contribution >= 0.6 is 0 Å². The summed E-state index contributed by atoms with van der Waals surface area (Å²) < 4.78 is 68.5. The lowest BCUT2D eigenvalue weighted by atomic mass is 9.67. The molecule has 530 valence electrons. The molecule has 108 heavy (non-hydrogen) atoms. The number of halogens is 2. The van der Waals surface area contributed by atoms with Gasteiger partial charge in [-0.2, -0.15) is 0 Å². The smallest absolute Gasteiger partial charge is 0.127 e. The Morgan fingerprint density at radius 3 is 0.981 bits per heavy atom. The van der Waals surface area contributed by atoms with Crippen molar-refractivity contribution in [3.05, 3.63) is 394 Å². The van der Waals surface area contributed by atoms with E-state index in [0.717, 1.165) is 161 Å². The fraction of sp³-hybridized carbons (Fsp3) is 0.143. The number of ether oxygens (including phenoxy) is 6. The van der Waals surface area contributed by atoms with Crippen LogP contribution in [-0.2, 0) is 46.0 Å². The fourth-order valence-electron chi connectivity index (χ4n) is 16.7. The number of fused-ring (bicyclic) bond motifs is 8. The molecule has 0 spiro atoms. The SMILES string of the molecule is CCOCCOc1ccc(C2(c3ccc(Oc4ccc5c(c4)CC5)cc3)c3ccccc3-c3ccc(N(c4ccc(-c5ccc(N(c6cccc(F)c6)c6ccc7c(c6)C(c6ccc(OCCOCC)cc6)(c6ccc(Oc8ccc9c(c8)CC9)cc6)c6ccccc6-7)cc5)cc4)c4cccc(F)c4)cc32)cc1. The van der Waals surface area contributed by atoms with E-state index in [1.165, 1.54) is 34.4 Å². The lowest BCUT2D eigenvalue weighted by Gasteiger charge is -2.35. The van der Waals surface area contributed by atoms with Crippen LogP contribution < -0.4 is 28.7 Å². The van der Waals surface area contributed by atoms with Gasteiger partial charge in [-0.05, 0) is 297 Å². The van der Waals surface area contributed by atoms with Crippen LogP contribution in [0.2, 0.25) is 0 Å². The van der Waals surface area contributed by atoms with Gasteiger partial charge in [0.15, 0.2) is 0 Å². The van der Waals surface area contributed by atoms with Crippen LogP contribution in [0.4, 0.5) is 42.9 Å². The van der Waals surface area contributed by atoms with Gasteiger partial charge >= 0.3 is 0 Å². The Bertz CT molecular complexity index is 5300. The quantitative estimate of drug-likeness (QED) is 0.0525. The van der Waals surface area contributed by atoms with Crippen LogP contribution in [0.5, 0.6) is 34.5 Å². The molecule has 0 aromatic heterocycles. The molecule has 0 fully saturated rings. The van der Waals surface area contributed by atoms with Gasteiger partial charge in [-0.3, -0.25) is 0 Å². The number of aryl methyl sites for hydroxylation is 4. The number of benzene rings is 14. The van der Waals surface area contributed by atoms with Crippen molar-refractivity contribution in [2.75, 3.05) is 49.4 Å². The van der Waals surface area contributed by atoms with Gasteiger partial charge in [0, 0.05) is 47.3 Å². The van der Waals surface area contributed by atoms with E-state index in [4.69, 9.17) is 28.4 Å². The maximum atomic E-state index is 15.8. The zero-order chi connectivity index (χ0) is 72.7. The summed E-state index contributed by atoms with van der Waals surface area (Å²) in [6, 6.07) is 108. The van der Waals surface area contributed by atoms with Crippen molar-refractivity contribution in [2.45, 2.75) is 50.4 Å². The monoisotopic (exact) mass is 1420 g/mol. The van der Waals surface area contributed by atoms with Crippen LogP contribution in [0, 0.1) is 11.6 Å². The highest BCUT2D eigenvalue weighted by atomic mass is 19.1. The highest BCUT2D eigenvalue weighted by Crippen LogP contribution is 2.60. The lowest BCUT2D eigenvalue weighted by Crippen LogP contribution is -2.28. The van der Waals surface area contributed by atoms with Crippen molar-refractivity contribution in [2.24, 2.45) is 0 Å². The summed E-state index contributed by atoms with van der Waals surface area (Å²) in [7, 11) is 0. The molecule has 2 atom stereocenters. The highest BCUT2D eigenvalue weighted by Gasteiger charge is 2.48. The molecule has 0 bridgehead atoms. The molecule has 2 unspecified atom stereocenters. The summed E-state index contributed by atoms with van der Waals surface area (Å²) in [5.41, 5.74) is 23.6. The average molecular weight is 1420 g/mol. The minimum Gasteiger partial charge on any atom is -0.491 e. The summed E-state index contributed by atoms with van der Waals surface area (Å²) in [5, 5.41) is 0. The molecule has 0 aliphatic heterocycles. The Morgan fingerprint density at radius 1 is 0.278 bits per heavy atom. The van der Waals surface area contributed by atoms with E-state index in [2.05, 4.69) is 277 Å². The second-order valence-corrected chi connectivity index (χ2v) is 28.0. The summed E-state index contributed by atoms with van der Waals surface area (Å²) >= 11 is 0. The van der Waals surface area contributed by atoms with Crippen LogP contribution in [0.25, 0.3) is 33.4 Å². The summed E-state index contributed by atoms with van der Waals surface area (Å²) in [5.74, 6) is 3.96. The second-order valence-electron chi connectivity index (χ2n) is 28.0. The Labute approximate surface area is 629 Å². The fourth-order valence-corrected chi connectivity index (χ4v) is 16.7. The minimum atomic E-state index is -0.815. The zero-order valence-corrected chi connectivity index (χ0v) is 60.2. The first-order valence-electron chi connectivity index (χ1n) is 37.4. The van der Waals surface area contributed by atoms with E-state index in [-0.39, 0.29) is 11.6 Å². The largest absolute Gasteiger partial charge is 0.491 e. The Morgan fingerprint density at radius 2 is 0.620 bits per heavy atom. The van der Waals surface area contributed by atoms with Crippen molar-refractivity contribution in [1.82, 2.24) is 0 Å². The Hall–Kier alpha value is -12.3. The van der Waals surface area contributed by atoms with E-state index >= 15 is 8.78 Å². The first-order chi connectivity index (χ1) is 53.2. The third-order valence-electron chi connectivity index (χ3n) is 22.0. The van der Waals surface area contributed by atoms with Gasteiger partial charge in [0.2, 0.25) is 0 Å². The van der Waals surface area contributed by atoms with E-state index in [9.17, 15) is 0 Å². The van der Waals surface area contributed by atoms with Crippen LogP contribution in [0.1, 0.15) is 80.6 Å². The summed E-state index contributed by atoms with van der Waals surface area (Å²) in [6.07, 6.45) is 4.35. The Balaban J connectivity index is 0.704. The van der Waals surface area contributed by atoms with Gasteiger partial charge in [-0.25, -0.2) is 8.78 Å². The van der Waals surface area contributed by atoms with E-state index in [1.54, 1.807) is 24.3 Å².